The van der Waals surface area contributed by atoms with Gasteiger partial charge >= 0.3 is 0 Å². The van der Waals surface area contributed by atoms with E-state index in [0.717, 1.165) is 47.9 Å². The van der Waals surface area contributed by atoms with Gasteiger partial charge in [0.2, 0.25) is 5.91 Å². The van der Waals surface area contributed by atoms with Crippen molar-refractivity contribution in [2.24, 2.45) is 0 Å². The van der Waals surface area contributed by atoms with Crippen molar-refractivity contribution in [1.29, 1.82) is 0 Å². The number of piperazine rings is 1. The lowest BCUT2D eigenvalue weighted by molar-refractivity contribution is -0.132. The lowest BCUT2D eigenvalue weighted by Gasteiger charge is -2.37. The fraction of sp³-hybridized carbons (Fsp3) is 0.500. The first-order valence-electron chi connectivity index (χ1n) is 10.6. The van der Waals surface area contributed by atoms with Crippen molar-refractivity contribution < 1.29 is 9.53 Å². The average Bonchev–Trinajstić information content (AvgIpc) is 3.30. The number of hydrogen-bond donors (Lipinski definition) is 2. The molecule has 8 heteroatoms. The van der Waals surface area contributed by atoms with Crippen LogP contribution in [0.3, 0.4) is 0 Å². The lowest BCUT2D eigenvalue weighted by Crippen LogP contribution is -2.53. The second kappa shape index (κ2) is 7.12. The van der Waals surface area contributed by atoms with Gasteiger partial charge in [-0.05, 0) is 51.8 Å². The number of hydrazine groups is 1. The van der Waals surface area contributed by atoms with Crippen molar-refractivity contribution in [2.75, 3.05) is 30.0 Å². The zero-order valence-electron chi connectivity index (χ0n) is 17.7. The Morgan fingerprint density at radius 2 is 2.03 bits per heavy atom. The number of nitrogens with one attached hydrogen (secondary N) is 2. The highest BCUT2D eigenvalue weighted by Gasteiger charge is 2.40. The van der Waals surface area contributed by atoms with E-state index in [1.54, 1.807) is 6.33 Å². The average molecular weight is 409 g/mol. The Labute approximate surface area is 176 Å². The minimum atomic E-state index is -0.107. The minimum absolute atomic E-state index is 0.0179. The van der Waals surface area contributed by atoms with E-state index < -0.39 is 0 Å². The molecule has 2 aliphatic heterocycles. The van der Waals surface area contributed by atoms with Gasteiger partial charge in [0.1, 0.15) is 23.5 Å². The summed E-state index contributed by atoms with van der Waals surface area (Å²) < 4.78 is 6.14. The lowest BCUT2D eigenvalue weighted by atomic mass is 10.0. The molecule has 8 nitrogen and oxygen atoms in total. The number of benzene rings is 1. The molecule has 0 bridgehead atoms. The number of aromatic nitrogens is 2. The molecule has 3 heterocycles. The van der Waals surface area contributed by atoms with Crippen molar-refractivity contribution in [1.82, 2.24) is 20.3 Å². The largest absolute Gasteiger partial charge is 0.488 e. The molecule has 2 aromatic rings. The normalized spacial score (nSPS) is 22.1. The fourth-order valence-electron chi connectivity index (χ4n) is 4.10. The van der Waals surface area contributed by atoms with Gasteiger partial charge in [0.05, 0.1) is 24.0 Å². The zero-order chi connectivity index (χ0) is 20.9. The SMILES string of the molecule is CC(C)N1CCN(c2cc([C@@H]3NNc4ccc(OC5(C)CC5)cc43)ncn2)CC1=O. The van der Waals surface area contributed by atoms with E-state index in [2.05, 4.69) is 33.8 Å². The molecule has 3 aliphatic rings. The van der Waals surface area contributed by atoms with Crippen LogP contribution in [0.1, 0.15) is 50.9 Å². The van der Waals surface area contributed by atoms with Crippen LogP contribution in [-0.4, -0.2) is 52.1 Å². The van der Waals surface area contributed by atoms with E-state index in [0.29, 0.717) is 13.1 Å². The summed E-state index contributed by atoms with van der Waals surface area (Å²) in [6.07, 6.45) is 3.78. The van der Waals surface area contributed by atoms with Gasteiger partial charge in [0, 0.05) is 30.8 Å². The van der Waals surface area contributed by atoms with E-state index >= 15 is 0 Å². The molecule has 0 unspecified atom stereocenters. The molecule has 1 amide bonds. The van der Waals surface area contributed by atoms with Crippen molar-refractivity contribution >= 4 is 17.4 Å². The third-order valence-electron chi connectivity index (χ3n) is 6.18. The number of carbonyl (C=O) groups excluding carboxylic acids is 1. The molecule has 1 aromatic heterocycles. The smallest absolute Gasteiger partial charge is 0.242 e. The van der Waals surface area contributed by atoms with Crippen molar-refractivity contribution in [2.45, 2.75) is 51.3 Å². The standard InChI is InChI=1S/C22H28N6O2/c1-14(2)28-9-8-27(12-20(28)29)19-11-18(23-13-24-19)21-16-10-15(30-22(3)6-7-22)4-5-17(16)25-26-21/h4-5,10-11,13-14,21,25-26H,6-9,12H2,1-3H3/t21-/m1/s1. The molecule has 1 atom stereocenters. The number of anilines is 2. The Kier molecular flexibility index (Phi) is 4.54. The predicted octanol–water partition coefficient (Wildman–Crippen LogP) is 2.48. The monoisotopic (exact) mass is 408 g/mol. The molecule has 5 rings (SSSR count). The molecule has 0 spiro atoms. The van der Waals surface area contributed by atoms with Crippen molar-refractivity contribution in [3.05, 3.63) is 41.9 Å². The van der Waals surface area contributed by atoms with Gasteiger partial charge in [0.15, 0.2) is 0 Å². The summed E-state index contributed by atoms with van der Waals surface area (Å²) in [4.78, 5) is 25.4. The van der Waals surface area contributed by atoms with E-state index in [-0.39, 0.29) is 23.6 Å². The number of carbonyl (C=O) groups is 1. The number of hydrogen-bond acceptors (Lipinski definition) is 7. The summed E-state index contributed by atoms with van der Waals surface area (Å²) in [5.41, 5.74) is 9.52. The maximum atomic E-state index is 12.5. The summed E-state index contributed by atoms with van der Waals surface area (Å²) in [6, 6.07) is 8.22. The third-order valence-corrected chi connectivity index (χ3v) is 6.18. The molecule has 0 radical (unpaired) electrons. The first kappa shape index (κ1) is 19.1. The summed E-state index contributed by atoms with van der Waals surface area (Å²) in [7, 11) is 0. The van der Waals surface area contributed by atoms with E-state index in [9.17, 15) is 4.79 Å². The third kappa shape index (κ3) is 3.56. The van der Waals surface area contributed by atoms with Gasteiger partial charge in [0.25, 0.3) is 0 Å². The number of rotatable bonds is 5. The van der Waals surface area contributed by atoms with Gasteiger partial charge in [-0.15, -0.1) is 0 Å². The Bertz CT molecular complexity index is 974. The molecule has 158 valence electrons. The Hall–Kier alpha value is -2.87. The van der Waals surface area contributed by atoms with Crippen LogP contribution >= 0.6 is 0 Å². The highest BCUT2D eigenvalue weighted by atomic mass is 16.5. The molecule has 1 saturated carbocycles. The van der Waals surface area contributed by atoms with E-state index in [1.165, 1.54) is 0 Å². The van der Waals surface area contributed by atoms with Crippen LogP contribution in [0.15, 0.2) is 30.6 Å². The van der Waals surface area contributed by atoms with Crippen LogP contribution in [0.2, 0.25) is 0 Å². The van der Waals surface area contributed by atoms with Gasteiger partial charge in [-0.25, -0.2) is 15.4 Å². The fourth-order valence-corrected chi connectivity index (χ4v) is 4.10. The van der Waals surface area contributed by atoms with E-state index in [4.69, 9.17) is 4.74 Å². The molecule has 2 N–H and O–H groups in total. The molecule has 1 aromatic carbocycles. The number of nitrogens with zero attached hydrogens (tertiary/aromatic N) is 4. The first-order chi connectivity index (χ1) is 14.4. The first-order valence-corrected chi connectivity index (χ1v) is 10.6. The second-order valence-electron chi connectivity index (χ2n) is 8.91. The van der Waals surface area contributed by atoms with E-state index in [1.807, 2.05) is 41.8 Å². The highest BCUT2D eigenvalue weighted by Crippen LogP contribution is 2.42. The molecule has 30 heavy (non-hydrogen) atoms. The topological polar surface area (TPSA) is 82.6 Å². The Balaban J connectivity index is 1.37. The van der Waals surface area contributed by atoms with Gasteiger partial charge in [-0.2, -0.15) is 0 Å². The van der Waals surface area contributed by atoms with Crippen LogP contribution in [0.25, 0.3) is 0 Å². The summed E-state index contributed by atoms with van der Waals surface area (Å²) >= 11 is 0. The zero-order valence-corrected chi connectivity index (χ0v) is 17.7. The maximum absolute atomic E-state index is 12.5. The van der Waals surface area contributed by atoms with Gasteiger partial charge in [-0.3, -0.25) is 4.79 Å². The van der Waals surface area contributed by atoms with Crippen LogP contribution in [0.4, 0.5) is 11.5 Å². The van der Waals surface area contributed by atoms with Gasteiger partial charge < -0.3 is 20.0 Å². The second-order valence-corrected chi connectivity index (χ2v) is 8.91. The van der Waals surface area contributed by atoms with Crippen LogP contribution in [-0.2, 0) is 4.79 Å². The molecular weight excluding hydrogens is 380 g/mol. The highest BCUT2D eigenvalue weighted by molar-refractivity contribution is 5.82. The number of fused-ring (bicyclic) bond motifs is 1. The predicted molar refractivity (Wildman–Crippen MR) is 114 cm³/mol. The van der Waals surface area contributed by atoms with Crippen LogP contribution < -0.4 is 20.5 Å². The molecular formula is C22H28N6O2. The number of amides is 1. The summed E-state index contributed by atoms with van der Waals surface area (Å²) in [5.74, 6) is 1.80. The minimum Gasteiger partial charge on any atom is -0.488 e. The maximum Gasteiger partial charge on any atom is 0.242 e. The van der Waals surface area contributed by atoms with Gasteiger partial charge in [-0.1, -0.05) is 0 Å². The quantitative estimate of drug-likeness (QED) is 0.786. The Morgan fingerprint density at radius 3 is 2.77 bits per heavy atom. The Morgan fingerprint density at radius 1 is 1.20 bits per heavy atom. The molecule has 1 aliphatic carbocycles. The van der Waals surface area contributed by atoms with Crippen molar-refractivity contribution in [3.63, 3.8) is 0 Å². The van der Waals surface area contributed by atoms with Crippen LogP contribution in [0, 0.1) is 0 Å². The summed E-state index contributed by atoms with van der Waals surface area (Å²) in [6.45, 7) is 8.07. The molecule has 1 saturated heterocycles. The van der Waals surface area contributed by atoms with Crippen molar-refractivity contribution in [3.8, 4) is 5.75 Å². The number of ether oxygens (including phenoxy) is 1. The van der Waals surface area contributed by atoms with Crippen LogP contribution in [0.5, 0.6) is 5.75 Å². The summed E-state index contributed by atoms with van der Waals surface area (Å²) in [5, 5.41) is 0. The molecule has 2 fully saturated rings.